The minimum atomic E-state index is -0.233. The van der Waals surface area contributed by atoms with E-state index in [-0.39, 0.29) is 18.0 Å². The maximum atomic E-state index is 11.1. The van der Waals surface area contributed by atoms with Crippen molar-refractivity contribution in [2.24, 2.45) is 17.4 Å². The molecule has 0 aromatic carbocycles. The molecule has 1 aliphatic heterocycles. The summed E-state index contributed by atoms with van der Waals surface area (Å²) in [6.07, 6.45) is 0.773. The average Bonchev–Trinajstić information content (AvgIpc) is 2.32. The van der Waals surface area contributed by atoms with Crippen molar-refractivity contribution in [3.05, 3.63) is 0 Å². The summed E-state index contributed by atoms with van der Waals surface area (Å²) in [7, 11) is 0. The first-order chi connectivity index (χ1) is 6.06. The largest absolute Gasteiger partial charge is 0.368 e. The molecule has 4 nitrogen and oxygen atoms in total. The summed E-state index contributed by atoms with van der Waals surface area (Å²) in [5.74, 6) is 0.234. The number of likely N-dealkylation sites (tertiary alicyclic amines) is 1. The first kappa shape index (κ1) is 10.5. The predicted molar refractivity (Wildman–Crippen MR) is 52.0 cm³/mol. The normalized spacial score (nSPS) is 31.9. The fourth-order valence-electron chi connectivity index (χ4n) is 1.92. The fraction of sp³-hybridized carbons (Fsp3) is 0.889. The van der Waals surface area contributed by atoms with Crippen molar-refractivity contribution in [2.75, 3.05) is 13.1 Å². The Hall–Kier alpha value is -0.610. The lowest BCUT2D eigenvalue weighted by atomic mass is 10.1. The monoisotopic (exact) mass is 185 g/mol. The molecule has 0 aromatic heterocycles. The number of hydrogen-bond donors (Lipinski definition) is 2. The zero-order chi connectivity index (χ0) is 10.0. The van der Waals surface area contributed by atoms with E-state index in [4.69, 9.17) is 11.5 Å². The molecular weight excluding hydrogens is 166 g/mol. The molecule has 1 aliphatic rings. The number of amides is 1. The van der Waals surface area contributed by atoms with Crippen LogP contribution in [0, 0.1) is 5.92 Å². The molecule has 3 unspecified atom stereocenters. The predicted octanol–water partition coefficient (Wildman–Crippen LogP) is -0.471. The molecule has 0 bridgehead atoms. The van der Waals surface area contributed by atoms with Gasteiger partial charge in [0.1, 0.15) is 0 Å². The van der Waals surface area contributed by atoms with Crippen LogP contribution in [0.25, 0.3) is 0 Å². The molecule has 0 radical (unpaired) electrons. The minimum Gasteiger partial charge on any atom is -0.368 e. The Morgan fingerprint density at radius 2 is 2.23 bits per heavy atom. The number of hydrogen-bond acceptors (Lipinski definition) is 3. The summed E-state index contributed by atoms with van der Waals surface area (Å²) < 4.78 is 0. The second-order valence-electron chi connectivity index (χ2n) is 3.92. The molecule has 4 heteroatoms. The standard InChI is InChI=1S/C9H19N3O/c1-3-8(9(11)13)12-4-6(2)7(10)5-12/h6-8H,3-5,10H2,1-2H3,(H2,11,13). The van der Waals surface area contributed by atoms with Crippen molar-refractivity contribution in [3.63, 3.8) is 0 Å². The van der Waals surface area contributed by atoms with Gasteiger partial charge in [0.2, 0.25) is 5.91 Å². The van der Waals surface area contributed by atoms with E-state index < -0.39 is 0 Å². The average molecular weight is 185 g/mol. The van der Waals surface area contributed by atoms with Crippen molar-refractivity contribution >= 4 is 5.91 Å². The van der Waals surface area contributed by atoms with Gasteiger partial charge in [-0.3, -0.25) is 9.69 Å². The Morgan fingerprint density at radius 1 is 1.62 bits per heavy atom. The first-order valence-electron chi connectivity index (χ1n) is 4.85. The van der Waals surface area contributed by atoms with Crippen LogP contribution in [0.5, 0.6) is 0 Å². The van der Waals surface area contributed by atoms with Gasteiger partial charge in [0.15, 0.2) is 0 Å². The van der Waals surface area contributed by atoms with E-state index in [1.54, 1.807) is 0 Å². The van der Waals surface area contributed by atoms with Gasteiger partial charge in [-0.2, -0.15) is 0 Å². The quantitative estimate of drug-likeness (QED) is 0.624. The van der Waals surface area contributed by atoms with Gasteiger partial charge in [0.05, 0.1) is 6.04 Å². The van der Waals surface area contributed by atoms with Gasteiger partial charge in [-0.25, -0.2) is 0 Å². The third-order valence-corrected chi connectivity index (χ3v) is 2.85. The highest BCUT2D eigenvalue weighted by Gasteiger charge is 2.32. The van der Waals surface area contributed by atoms with Gasteiger partial charge >= 0.3 is 0 Å². The van der Waals surface area contributed by atoms with Gasteiger partial charge < -0.3 is 11.5 Å². The second kappa shape index (κ2) is 4.07. The molecular formula is C9H19N3O. The SMILES string of the molecule is CCC(C(N)=O)N1CC(C)C(N)C1. The Morgan fingerprint density at radius 3 is 2.54 bits per heavy atom. The van der Waals surface area contributed by atoms with Crippen LogP contribution in [-0.2, 0) is 4.79 Å². The number of nitrogens with two attached hydrogens (primary N) is 2. The molecule has 76 valence electrons. The van der Waals surface area contributed by atoms with E-state index in [2.05, 4.69) is 11.8 Å². The van der Waals surface area contributed by atoms with Crippen LogP contribution in [-0.4, -0.2) is 36.0 Å². The number of nitrogens with zero attached hydrogens (tertiary/aromatic N) is 1. The molecule has 1 amide bonds. The smallest absolute Gasteiger partial charge is 0.234 e. The second-order valence-corrected chi connectivity index (χ2v) is 3.92. The number of carbonyl (C=O) groups is 1. The van der Waals surface area contributed by atoms with Gasteiger partial charge in [0.25, 0.3) is 0 Å². The van der Waals surface area contributed by atoms with Crippen LogP contribution < -0.4 is 11.5 Å². The molecule has 0 aliphatic carbocycles. The lowest BCUT2D eigenvalue weighted by molar-refractivity contribution is -0.123. The number of primary amides is 1. The topological polar surface area (TPSA) is 72.4 Å². The third kappa shape index (κ3) is 2.19. The minimum absolute atomic E-state index is 0.129. The zero-order valence-corrected chi connectivity index (χ0v) is 8.36. The Bertz CT molecular complexity index is 185. The fourth-order valence-corrected chi connectivity index (χ4v) is 1.92. The maximum absolute atomic E-state index is 11.1. The van der Waals surface area contributed by atoms with Crippen LogP contribution >= 0.6 is 0 Å². The summed E-state index contributed by atoms with van der Waals surface area (Å²) in [6, 6.07) is 0.0596. The van der Waals surface area contributed by atoms with E-state index >= 15 is 0 Å². The molecule has 1 rings (SSSR count). The van der Waals surface area contributed by atoms with Crippen molar-refractivity contribution in [3.8, 4) is 0 Å². The van der Waals surface area contributed by atoms with Crippen LogP contribution in [0.4, 0.5) is 0 Å². The molecule has 0 spiro atoms. The van der Waals surface area contributed by atoms with Crippen LogP contribution in [0.3, 0.4) is 0 Å². The van der Waals surface area contributed by atoms with Crippen LogP contribution in [0.2, 0.25) is 0 Å². The molecule has 1 heterocycles. The molecule has 0 saturated carbocycles. The molecule has 0 aromatic rings. The van der Waals surface area contributed by atoms with Crippen LogP contribution in [0.1, 0.15) is 20.3 Å². The van der Waals surface area contributed by atoms with Crippen molar-refractivity contribution in [2.45, 2.75) is 32.4 Å². The highest BCUT2D eigenvalue weighted by atomic mass is 16.1. The van der Waals surface area contributed by atoms with E-state index in [0.29, 0.717) is 5.92 Å². The Kier molecular flexibility index (Phi) is 3.27. The van der Waals surface area contributed by atoms with E-state index in [0.717, 1.165) is 19.5 Å². The lowest BCUT2D eigenvalue weighted by Crippen LogP contribution is -2.44. The Balaban J connectivity index is 2.57. The maximum Gasteiger partial charge on any atom is 0.234 e. The summed E-state index contributed by atoms with van der Waals surface area (Å²) in [5.41, 5.74) is 11.2. The van der Waals surface area contributed by atoms with Gasteiger partial charge in [-0.1, -0.05) is 13.8 Å². The summed E-state index contributed by atoms with van der Waals surface area (Å²) in [4.78, 5) is 13.2. The molecule has 1 fully saturated rings. The first-order valence-corrected chi connectivity index (χ1v) is 4.85. The Labute approximate surface area is 79.3 Å². The third-order valence-electron chi connectivity index (χ3n) is 2.85. The molecule has 13 heavy (non-hydrogen) atoms. The summed E-state index contributed by atoms with van der Waals surface area (Å²) >= 11 is 0. The summed E-state index contributed by atoms with van der Waals surface area (Å²) in [5, 5.41) is 0. The van der Waals surface area contributed by atoms with Gasteiger partial charge in [0, 0.05) is 19.1 Å². The number of carbonyl (C=O) groups excluding carboxylic acids is 1. The zero-order valence-electron chi connectivity index (χ0n) is 8.36. The van der Waals surface area contributed by atoms with Gasteiger partial charge in [-0.05, 0) is 12.3 Å². The molecule has 1 saturated heterocycles. The van der Waals surface area contributed by atoms with Crippen molar-refractivity contribution in [1.82, 2.24) is 4.90 Å². The van der Waals surface area contributed by atoms with Crippen molar-refractivity contribution in [1.29, 1.82) is 0 Å². The van der Waals surface area contributed by atoms with E-state index in [9.17, 15) is 4.79 Å². The highest BCUT2D eigenvalue weighted by Crippen LogP contribution is 2.18. The van der Waals surface area contributed by atoms with Crippen LogP contribution in [0.15, 0.2) is 0 Å². The molecule has 4 N–H and O–H groups in total. The van der Waals surface area contributed by atoms with E-state index in [1.807, 2.05) is 6.92 Å². The van der Waals surface area contributed by atoms with E-state index in [1.165, 1.54) is 0 Å². The molecule has 3 atom stereocenters. The van der Waals surface area contributed by atoms with Gasteiger partial charge in [-0.15, -0.1) is 0 Å². The lowest BCUT2D eigenvalue weighted by Gasteiger charge is -2.23. The van der Waals surface area contributed by atoms with Crippen molar-refractivity contribution < 1.29 is 4.79 Å². The summed E-state index contributed by atoms with van der Waals surface area (Å²) in [6.45, 7) is 5.77. The highest BCUT2D eigenvalue weighted by molar-refractivity contribution is 5.79. The number of rotatable bonds is 3.